The van der Waals surface area contributed by atoms with E-state index in [1.165, 1.54) is 6.42 Å². The minimum Gasteiger partial charge on any atom is -0.359 e. The van der Waals surface area contributed by atoms with E-state index in [2.05, 4.69) is 22.4 Å². The molecule has 1 N–H and O–H groups in total. The molecule has 21 heavy (non-hydrogen) atoms. The molecule has 1 aromatic heterocycles. The van der Waals surface area contributed by atoms with E-state index in [9.17, 15) is 4.79 Å². The van der Waals surface area contributed by atoms with Gasteiger partial charge in [-0.2, -0.15) is 0 Å². The summed E-state index contributed by atoms with van der Waals surface area (Å²) in [5.74, 6) is 1.33. The van der Waals surface area contributed by atoms with E-state index in [4.69, 9.17) is 4.52 Å². The summed E-state index contributed by atoms with van der Waals surface area (Å²) in [6.07, 6.45) is 3.06. The molecule has 2 saturated heterocycles. The number of anilines is 1. The van der Waals surface area contributed by atoms with Crippen molar-refractivity contribution in [1.29, 1.82) is 0 Å². The van der Waals surface area contributed by atoms with Crippen LogP contribution in [0, 0.1) is 12.8 Å². The highest BCUT2D eigenvalue weighted by Gasteiger charge is 2.40. The number of fused-ring (bicyclic) bond motifs is 1. The normalized spacial score (nSPS) is 26.0. The molecule has 1 aromatic rings. The lowest BCUT2D eigenvalue weighted by atomic mass is 9.92. The van der Waals surface area contributed by atoms with Crippen LogP contribution in [-0.4, -0.2) is 53.7 Å². The standard InChI is InChI=1S/C15H24N4O2/c1-4-12-14(10(2)21-17-12)16-15(20)19-8-6-11-5-7-18(3)9-13(11)19/h11,13H,4-9H2,1-3H3,(H,16,20)/t11-,13-/m1/s1. The van der Waals surface area contributed by atoms with Gasteiger partial charge in [0.25, 0.3) is 0 Å². The maximum Gasteiger partial charge on any atom is 0.322 e. The zero-order chi connectivity index (χ0) is 15.0. The first-order valence-corrected chi connectivity index (χ1v) is 7.81. The van der Waals surface area contributed by atoms with Crippen LogP contribution in [0.2, 0.25) is 0 Å². The summed E-state index contributed by atoms with van der Waals surface area (Å²) in [6, 6.07) is 0.327. The number of nitrogens with zero attached hydrogens (tertiary/aromatic N) is 3. The average molecular weight is 292 g/mol. The second-order valence-electron chi connectivity index (χ2n) is 6.20. The van der Waals surface area contributed by atoms with Crippen LogP contribution in [0.15, 0.2) is 4.52 Å². The van der Waals surface area contributed by atoms with Gasteiger partial charge in [-0.15, -0.1) is 0 Å². The number of hydrogen-bond donors (Lipinski definition) is 1. The number of carbonyl (C=O) groups is 1. The van der Waals surface area contributed by atoms with Crippen LogP contribution in [0.25, 0.3) is 0 Å². The van der Waals surface area contributed by atoms with Crippen LogP contribution in [-0.2, 0) is 6.42 Å². The molecule has 0 unspecified atom stereocenters. The summed E-state index contributed by atoms with van der Waals surface area (Å²) in [6.45, 7) is 6.81. The Labute approximate surface area is 125 Å². The largest absolute Gasteiger partial charge is 0.359 e. The van der Waals surface area contributed by atoms with Crippen molar-refractivity contribution in [3.8, 4) is 0 Å². The third-order valence-electron chi connectivity index (χ3n) is 4.83. The van der Waals surface area contributed by atoms with Crippen molar-refractivity contribution < 1.29 is 9.32 Å². The number of amides is 2. The maximum atomic E-state index is 12.6. The molecule has 3 rings (SSSR count). The summed E-state index contributed by atoms with van der Waals surface area (Å²) in [5, 5.41) is 7.00. The van der Waals surface area contributed by atoms with Crippen molar-refractivity contribution in [3.63, 3.8) is 0 Å². The van der Waals surface area contributed by atoms with Gasteiger partial charge in [0, 0.05) is 19.1 Å². The number of carbonyl (C=O) groups excluding carboxylic acids is 1. The molecule has 116 valence electrons. The summed E-state index contributed by atoms with van der Waals surface area (Å²) < 4.78 is 5.18. The van der Waals surface area contributed by atoms with Crippen LogP contribution in [0.3, 0.4) is 0 Å². The first kappa shape index (κ1) is 14.4. The van der Waals surface area contributed by atoms with Gasteiger partial charge in [-0.25, -0.2) is 4.79 Å². The quantitative estimate of drug-likeness (QED) is 0.907. The SMILES string of the molecule is CCc1noc(C)c1NC(=O)N1CC[C@H]2CCN(C)C[C@H]21. The van der Waals surface area contributed by atoms with Gasteiger partial charge >= 0.3 is 6.03 Å². The Kier molecular flexibility index (Phi) is 3.89. The van der Waals surface area contributed by atoms with E-state index in [0.717, 1.165) is 43.9 Å². The van der Waals surface area contributed by atoms with Crippen molar-refractivity contribution in [3.05, 3.63) is 11.5 Å². The molecule has 2 atom stereocenters. The topological polar surface area (TPSA) is 61.6 Å². The van der Waals surface area contributed by atoms with Gasteiger partial charge in [-0.1, -0.05) is 12.1 Å². The maximum absolute atomic E-state index is 12.6. The molecule has 0 spiro atoms. The van der Waals surface area contributed by atoms with Gasteiger partial charge < -0.3 is 19.6 Å². The lowest BCUT2D eigenvalue weighted by Crippen LogP contribution is -2.49. The Hall–Kier alpha value is -1.56. The van der Waals surface area contributed by atoms with E-state index >= 15 is 0 Å². The van der Waals surface area contributed by atoms with Crippen molar-refractivity contribution in [2.45, 2.75) is 39.2 Å². The van der Waals surface area contributed by atoms with Crippen molar-refractivity contribution in [2.75, 3.05) is 32.0 Å². The zero-order valence-electron chi connectivity index (χ0n) is 13.1. The summed E-state index contributed by atoms with van der Waals surface area (Å²) in [4.78, 5) is 16.9. The number of aryl methyl sites for hydroxylation is 2. The molecule has 2 aliphatic rings. The number of likely N-dealkylation sites (tertiary alicyclic amines) is 2. The van der Waals surface area contributed by atoms with E-state index in [1.807, 2.05) is 18.7 Å². The predicted molar refractivity (Wildman–Crippen MR) is 80.4 cm³/mol. The third-order valence-corrected chi connectivity index (χ3v) is 4.83. The second kappa shape index (κ2) is 5.67. The summed E-state index contributed by atoms with van der Waals surface area (Å²) in [5.41, 5.74) is 1.56. The van der Waals surface area contributed by atoms with E-state index in [-0.39, 0.29) is 6.03 Å². The number of urea groups is 1. The van der Waals surface area contributed by atoms with E-state index in [0.29, 0.717) is 17.7 Å². The highest BCUT2D eigenvalue weighted by atomic mass is 16.5. The number of hydrogen-bond acceptors (Lipinski definition) is 4. The van der Waals surface area contributed by atoms with Crippen LogP contribution in [0.5, 0.6) is 0 Å². The first-order valence-electron chi connectivity index (χ1n) is 7.81. The van der Waals surface area contributed by atoms with Gasteiger partial charge in [0.05, 0.1) is 0 Å². The van der Waals surface area contributed by atoms with Gasteiger partial charge in [0.1, 0.15) is 11.4 Å². The molecule has 2 aliphatic heterocycles. The van der Waals surface area contributed by atoms with Crippen LogP contribution >= 0.6 is 0 Å². The first-order chi connectivity index (χ1) is 10.1. The molecule has 3 heterocycles. The van der Waals surface area contributed by atoms with Crippen LogP contribution < -0.4 is 5.32 Å². The number of likely N-dealkylation sites (N-methyl/N-ethyl adjacent to an activating group) is 1. The Morgan fingerprint density at radius 2 is 2.19 bits per heavy atom. The highest BCUT2D eigenvalue weighted by molar-refractivity contribution is 5.90. The van der Waals surface area contributed by atoms with Gasteiger partial charge in [-0.3, -0.25) is 0 Å². The number of nitrogens with one attached hydrogen (secondary N) is 1. The molecular formula is C15H24N4O2. The molecule has 2 amide bonds. The fourth-order valence-corrected chi connectivity index (χ4v) is 3.55. The Balaban J connectivity index is 1.72. The molecule has 6 nitrogen and oxygen atoms in total. The lowest BCUT2D eigenvalue weighted by molar-refractivity contribution is 0.137. The zero-order valence-corrected chi connectivity index (χ0v) is 13.1. The Morgan fingerprint density at radius 1 is 1.43 bits per heavy atom. The molecule has 0 radical (unpaired) electrons. The smallest absolute Gasteiger partial charge is 0.322 e. The van der Waals surface area contributed by atoms with Crippen molar-refractivity contribution >= 4 is 11.7 Å². The van der Waals surface area contributed by atoms with Gasteiger partial charge in [0.2, 0.25) is 0 Å². The van der Waals surface area contributed by atoms with Crippen LogP contribution in [0.4, 0.5) is 10.5 Å². The van der Waals surface area contributed by atoms with Crippen LogP contribution in [0.1, 0.15) is 31.2 Å². The molecule has 0 bridgehead atoms. The van der Waals surface area contributed by atoms with E-state index in [1.54, 1.807) is 0 Å². The second-order valence-corrected chi connectivity index (χ2v) is 6.20. The summed E-state index contributed by atoms with van der Waals surface area (Å²) >= 11 is 0. The van der Waals surface area contributed by atoms with Crippen molar-refractivity contribution in [2.24, 2.45) is 5.92 Å². The minimum absolute atomic E-state index is 0.0150. The Morgan fingerprint density at radius 3 is 2.95 bits per heavy atom. The molecule has 2 fully saturated rings. The predicted octanol–water partition coefficient (Wildman–Crippen LogP) is 2.10. The summed E-state index contributed by atoms with van der Waals surface area (Å²) in [7, 11) is 2.13. The third kappa shape index (κ3) is 2.64. The fourth-order valence-electron chi connectivity index (χ4n) is 3.55. The number of rotatable bonds is 2. The molecule has 0 aliphatic carbocycles. The molecule has 0 aromatic carbocycles. The average Bonchev–Trinajstić information content (AvgIpc) is 3.03. The minimum atomic E-state index is -0.0150. The number of aromatic nitrogens is 1. The highest BCUT2D eigenvalue weighted by Crippen LogP contribution is 2.32. The van der Waals surface area contributed by atoms with E-state index < -0.39 is 0 Å². The number of piperidine rings is 1. The van der Waals surface area contributed by atoms with Gasteiger partial charge in [-0.05, 0) is 45.7 Å². The monoisotopic (exact) mass is 292 g/mol. The molecule has 0 saturated carbocycles. The molecular weight excluding hydrogens is 268 g/mol. The Bertz CT molecular complexity index is 528. The van der Waals surface area contributed by atoms with Gasteiger partial charge in [0.15, 0.2) is 5.76 Å². The van der Waals surface area contributed by atoms with Crippen molar-refractivity contribution in [1.82, 2.24) is 15.0 Å². The fraction of sp³-hybridized carbons (Fsp3) is 0.733. The molecule has 6 heteroatoms. The lowest BCUT2D eigenvalue weighted by Gasteiger charge is -2.36.